The molecule has 0 aliphatic carbocycles. The van der Waals surface area contributed by atoms with Gasteiger partial charge in [0.25, 0.3) is 5.91 Å². The highest BCUT2D eigenvalue weighted by molar-refractivity contribution is 9.10. The van der Waals surface area contributed by atoms with Crippen molar-refractivity contribution in [1.82, 2.24) is 10.9 Å². The second-order valence-electron chi connectivity index (χ2n) is 4.31. The lowest BCUT2D eigenvalue weighted by Gasteiger charge is -2.21. The molecule has 0 unspecified atom stereocenters. The Morgan fingerprint density at radius 1 is 1.27 bits per heavy atom. The summed E-state index contributed by atoms with van der Waals surface area (Å²) in [6.45, 7) is 5.94. The van der Waals surface area contributed by atoms with Gasteiger partial charge in [-0.25, -0.2) is 5.43 Å². The molecular weight excluding hydrogens is 256 g/mol. The van der Waals surface area contributed by atoms with Gasteiger partial charge in [0.1, 0.15) is 0 Å². The molecule has 1 aromatic rings. The van der Waals surface area contributed by atoms with Crippen LogP contribution < -0.4 is 10.9 Å². The maximum Gasteiger partial charge on any atom is 0.266 e. The number of hydrazine groups is 1. The number of nitrogens with one attached hydrogen (secondary N) is 2. The van der Waals surface area contributed by atoms with Crippen molar-refractivity contribution in [2.75, 3.05) is 0 Å². The summed E-state index contributed by atoms with van der Waals surface area (Å²) < 4.78 is 0.790. The average Bonchev–Trinajstić information content (AvgIpc) is 2.14. The number of hydrogen-bond donors (Lipinski definition) is 2. The summed E-state index contributed by atoms with van der Waals surface area (Å²) in [7, 11) is 0. The van der Waals surface area contributed by atoms with Crippen molar-refractivity contribution in [1.29, 1.82) is 0 Å². The van der Waals surface area contributed by atoms with Crippen molar-refractivity contribution >= 4 is 21.8 Å². The normalized spacial score (nSPS) is 11.2. The third-order valence-corrected chi connectivity index (χ3v) is 2.36. The second-order valence-corrected chi connectivity index (χ2v) is 5.16. The van der Waals surface area contributed by atoms with E-state index in [4.69, 9.17) is 0 Å². The summed E-state index contributed by atoms with van der Waals surface area (Å²) in [6, 6.07) is 7.31. The molecule has 0 aliphatic heterocycles. The zero-order chi connectivity index (χ0) is 11.5. The number of amides is 1. The van der Waals surface area contributed by atoms with Crippen LogP contribution in [0.4, 0.5) is 0 Å². The van der Waals surface area contributed by atoms with Crippen molar-refractivity contribution in [2.45, 2.75) is 26.3 Å². The molecule has 0 fully saturated rings. The zero-order valence-electron chi connectivity index (χ0n) is 9.10. The van der Waals surface area contributed by atoms with Gasteiger partial charge in [0.15, 0.2) is 0 Å². The summed E-state index contributed by atoms with van der Waals surface area (Å²) in [5.41, 5.74) is 6.07. The van der Waals surface area contributed by atoms with Gasteiger partial charge in [-0.15, -0.1) is 0 Å². The Labute approximate surface area is 98.4 Å². The Kier molecular flexibility index (Phi) is 3.88. The van der Waals surface area contributed by atoms with Crippen LogP contribution in [0.25, 0.3) is 0 Å². The van der Waals surface area contributed by atoms with Crippen molar-refractivity contribution in [3.05, 3.63) is 34.3 Å². The number of hydrogen-bond acceptors (Lipinski definition) is 2. The Balaban J connectivity index is 2.66. The number of benzene rings is 1. The van der Waals surface area contributed by atoms with Crippen LogP contribution in [0.5, 0.6) is 0 Å². The fourth-order valence-corrected chi connectivity index (χ4v) is 1.42. The maximum atomic E-state index is 11.7. The van der Waals surface area contributed by atoms with Crippen LogP contribution >= 0.6 is 15.9 Å². The molecular formula is C11H15BrN2O. The topological polar surface area (TPSA) is 41.1 Å². The Morgan fingerprint density at radius 2 is 1.87 bits per heavy atom. The van der Waals surface area contributed by atoms with Crippen molar-refractivity contribution in [2.24, 2.45) is 0 Å². The third-order valence-electron chi connectivity index (χ3n) is 1.67. The van der Waals surface area contributed by atoms with Gasteiger partial charge in [-0.1, -0.05) is 12.1 Å². The average molecular weight is 271 g/mol. The minimum Gasteiger partial charge on any atom is -0.287 e. The van der Waals surface area contributed by atoms with E-state index in [9.17, 15) is 4.79 Å². The fraction of sp³-hybridized carbons (Fsp3) is 0.364. The molecule has 0 radical (unpaired) electrons. The fourth-order valence-electron chi connectivity index (χ4n) is 0.957. The summed E-state index contributed by atoms with van der Waals surface area (Å²) in [5, 5.41) is 0. The van der Waals surface area contributed by atoms with Crippen molar-refractivity contribution in [3.8, 4) is 0 Å². The van der Waals surface area contributed by atoms with Crippen LogP contribution in [-0.2, 0) is 0 Å². The van der Waals surface area contributed by atoms with Gasteiger partial charge in [0.05, 0.1) is 5.56 Å². The molecule has 1 rings (SSSR count). The van der Waals surface area contributed by atoms with Crippen LogP contribution in [0.2, 0.25) is 0 Å². The number of rotatable bonds is 2. The predicted octanol–water partition coefficient (Wildman–Crippen LogP) is 2.48. The van der Waals surface area contributed by atoms with Gasteiger partial charge < -0.3 is 0 Å². The summed E-state index contributed by atoms with van der Waals surface area (Å²) >= 11 is 3.33. The number of carbonyl (C=O) groups is 1. The first kappa shape index (κ1) is 12.2. The van der Waals surface area contributed by atoms with Gasteiger partial charge in [0.2, 0.25) is 0 Å². The van der Waals surface area contributed by atoms with Crippen LogP contribution in [0, 0.1) is 0 Å². The third kappa shape index (κ3) is 4.01. The lowest BCUT2D eigenvalue weighted by atomic mass is 10.1. The monoisotopic (exact) mass is 270 g/mol. The van der Waals surface area contributed by atoms with E-state index < -0.39 is 0 Å². The molecule has 1 aromatic carbocycles. The highest BCUT2D eigenvalue weighted by atomic mass is 79.9. The zero-order valence-corrected chi connectivity index (χ0v) is 10.7. The molecule has 0 aromatic heterocycles. The predicted molar refractivity (Wildman–Crippen MR) is 64.5 cm³/mol. The summed E-state index contributed by atoms with van der Waals surface area (Å²) in [5.74, 6) is -0.141. The highest BCUT2D eigenvalue weighted by Gasteiger charge is 2.13. The van der Waals surface area contributed by atoms with Crippen LogP contribution in [-0.4, -0.2) is 11.4 Å². The smallest absolute Gasteiger partial charge is 0.266 e. The quantitative estimate of drug-likeness (QED) is 0.811. The SMILES string of the molecule is CC(C)(C)NNC(=O)c1ccccc1Br. The molecule has 0 atom stereocenters. The van der Waals surface area contributed by atoms with Crippen LogP contribution in [0.1, 0.15) is 31.1 Å². The molecule has 4 heteroatoms. The standard InChI is InChI=1S/C11H15BrN2O/c1-11(2,3)14-13-10(15)8-6-4-5-7-9(8)12/h4-7,14H,1-3H3,(H,13,15). The van der Waals surface area contributed by atoms with Crippen LogP contribution in [0.3, 0.4) is 0 Å². The van der Waals surface area contributed by atoms with Gasteiger partial charge in [0, 0.05) is 10.0 Å². The number of halogens is 1. The Morgan fingerprint density at radius 3 is 2.40 bits per heavy atom. The summed E-state index contributed by atoms with van der Waals surface area (Å²) in [6.07, 6.45) is 0. The molecule has 1 amide bonds. The highest BCUT2D eigenvalue weighted by Crippen LogP contribution is 2.15. The van der Waals surface area contributed by atoms with E-state index >= 15 is 0 Å². The van der Waals surface area contributed by atoms with E-state index in [0.29, 0.717) is 5.56 Å². The van der Waals surface area contributed by atoms with E-state index in [0.717, 1.165) is 4.47 Å². The number of carbonyl (C=O) groups excluding carboxylic acids is 1. The second kappa shape index (κ2) is 4.77. The minimum atomic E-state index is -0.142. The maximum absolute atomic E-state index is 11.7. The molecule has 82 valence electrons. The van der Waals surface area contributed by atoms with E-state index in [1.807, 2.05) is 39.0 Å². The molecule has 0 saturated heterocycles. The summed E-state index contributed by atoms with van der Waals surface area (Å²) in [4.78, 5) is 11.7. The van der Waals surface area contributed by atoms with Crippen LogP contribution in [0.15, 0.2) is 28.7 Å². The van der Waals surface area contributed by atoms with Gasteiger partial charge in [-0.3, -0.25) is 10.2 Å². The minimum absolute atomic E-state index is 0.141. The van der Waals surface area contributed by atoms with Crippen molar-refractivity contribution in [3.63, 3.8) is 0 Å². The lowest BCUT2D eigenvalue weighted by molar-refractivity contribution is 0.0913. The molecule has 0 spiro atoms. The molecule has 3 nitrogen and oxygen atoms in total. The first-order valence-electron chi connectivity index (χ1n) is 4.72. The van der Waals surface area contributed by atoms with E-state index in [-0.39, 0.29) is 11.4 Å². The lowest BCUT2D eigenvalue weighted by Crippen LogP contribution is -2.48. The Bertz CT molecular complexity index is 358. The van der Waals surface area contributed by atoms with E-state index in [2.05, 4.69) is 26.8 Å². The van der Waals surface area contributed by atoms with Gasteiger partial charge in [-0.05, 0) is 48.8 Å². The van der Waals surface area contributed by atoms with Gasteiger partial charge >= 0.3 is 0 Å². The van der Waals surface area contributed by atoms with E-state index in [1.54, 1.807) is 6.07 Å². The van der Waals surface area contributed by atoms with Gasteiger partial charge in [-0.2, -0.15) is 0 Å². The largest absolute Gasteiger partial charge is 0.287 e. The molecule has 0 bridgehead atoms. The molecule has 0 aliphatic rings. The Hall–Kier alpha value is -0.870. The molecule has 15 heavy (non-hydrogen) atoms. The first-order chi connectivity index (χ1) is 6.90. The van der Waals surface area contributed by atoms with E-state index in [1.165, 1.54) is 0 Å². The first-order valence-corrected chi connectivity index (χ1v) is 5.51. The van der Waals surface area contributed by atoms with Crippen molar-refractivity contribution < 1.29 is 4.79 Å². The molecule has 0 heterocycles. The molecule has 2 N–H and O–H groups in total. The molecule has 0 saturated carbocycles.